The SMILES string of the molecule is OB1OCc2cc(NCc3ccccc3)c(F)cc21. The van der Waals surface area contributed by atoms with Crippen LogP contribution in [0.4, 0.5) is 10.1 Å². The van der Waals surface area contributed by atoms with Crippen molar-refractivity contribution in [2.75, 3.05) is 5.32 Å². The lowest BCUT2D eigenvalue weighted by molar-refractivity contribution is 0.275. The summed E-state index contributed by atoms with van der Waals surface area (Å²) in [7, 11) is -1.01. The van der Waals surface area contributed by atoms with Gasteiger partial charge in [-0.3, -0.25) is 0 Å². The molecule has 0 saturated carbocycles. The van der Waals surface area contributed by atoms with E-state index in [1.807, 2.05) is 30.3 Å². The smallest absolute Gasteiger partial charge is 0.423 e. The Balaban J connectivity index is 1.79. The van der Waals surface area contributed by atoms with E-state index >= 15 is 0 Å². The molecule has 0 saturated heterocycles. The number of anilines is 1. The zero-order valence-corrected chi connectivity index (χ0v) is 10.3. The van der Waals surface area contributed by atoms with Crippen molar-refractivity contribution < 1.29 is 14.1 Å². The lowest BCUT2D eigenvalue weighted by Crippen LogP contribution is -2.28. The third-order valence-corrected chi connectivity index (χ3v) is 3.22. The molecule has 3 rings (SSSR count). The zero-order chi connectivity index (χ0) is 13.2. The Labute approximate surface area is 111 Å². The minimum atomic E-state index is -1.01. The summed E-state index contributed by atoms with van der Waals surface area (Å²) in [4.78, 5) is 0. The van der Waals surface area contributed by atoms with Gasteiger partial charge in [0.2, 0.25) is 0 Å². The first-order valence-corrected chi connectivity index (χ1v) is 6.14. The zero-order valence-electron chi connectivity index (χ0n) is 10.3. The van der Waals surface area contributed by atoms with E-state index in [0.717, 1.165) is 11.1 Å². The molecule has 0 fully saturated rings. The van der Waals surface area contributed by atoms with Crippen molar-refractivity contribution in [3.63, 3.8) is 0 Å². The van der Waals surface area contributed by atoms with Gasteiger partial charge in [0.15, 0.2) is 0 Å². The third-order valence-electron chi connectivity index (χ3n) is 3.22. The van der Waals surface area contributed by atoms with Crippen molar-refractivity contribution in [1.82, 2.24) is 0 Å². The second-order valence-electron chi connectivity index (χ2n) is 4.53. The maximum Gasteiger partial charge on any atom is 0.491 e. The molecule has 1 aliphatic heterocycles. The van der Waals surface area contributed by atoms with E-state index in [9.17, 15) is 9.41 Å². The van der Waals surface area contributed by atoms with Crippen molar-refractivity contribution in [1.29, 1.82) is 0 Å². The van der Waals surface area contributed by atoms with E-state index in [4.69, 9.17) is 4.65 Å². The van der Waals surface area contributed by atoms with E-state index in [1.165, 1.54) is 6.07 Å². The molecule has 1 heterocycles. The standard InChI is InChI=1S/C14H13BFNO2/c16-13-7-12-11(9-19-15(12)18)6-14(13)17-8-10-4-2-1-3-5-10/h1-7,17-18H,8-9H2. The number of rotatable bonds is 3. The van der Waals surface area contributed by atoms with E-state index in [2.05, 4.69) is 5.32 Å². The van der Waals surface area contributed by atoms with Crippen LogP contribution >= 0.6 is 0 Å². The highest BCUT2D eigenvalue weighted by Crippen LogP contribution is 2.20. The second kappa shape index (κ2) is 5.03. The van der Waals surface area contributed by atoms with Gasteiger partial charge in [-0.2, -0.15) is 0 Å². The van der Waals surface area contributed by atoms with Gasteiger partial charge >= 0.3 is 7.12 Å². The monoisotopic (exact) mass is 257 g/mol. The summed E-state index contributed by atoms with van der Waals surface area (Å²) in [5, 5.41) is 12.6. The number of fused-ring (bicyclic) bond motifs is 1. The molecule has 0 aliphatic carbocycles. The van der Waals surface area contributed by atoms with Gasteiger partial charge < -0.3 is 15.0 Å². The van der Waals surface area contributed by atoms with Crippen LogP contribution in [0.3, 0.4) is 0 Å². The lowest BCUT2D eigenvalue weighted by atomic mass is 9.79. The molecule has 0 amide bonds. The van der Waals surface area contributed by atoms with Crippen molar-refractivity contribution >= 4 is 18.3 Å². The largest absolute Gasteiger partial charge is 0.491 e. The molecule has 1 aliphatic rings. The molecule has 0 radical (unpaired) electrons. The Morgan fingerprint density at radius 1 is 1.26 bits per heavy atom. The van der Waals surface area contributed by atoms with Crippen LogP contribution in [0.1, 0.15) is 11.1 Å². The molecule has 2 aromatic carbocycles. The van der Waals surface area contributed by atoms with E-state index < -0.39 is 7.12 Å². The first kappa shape index (κ1) is 12.2. The highest BCUT2D eigenvalue weighted by atomic mass is 19.1. The highest BCUT2D eigenvalue weighted by Gasteiger charge is 2.28. The number of halogens is 1. The molecule has 0 bridgehead atoms. The normalized spacial score (nSPS) is 13.5. The molecule has 96 valence electrons. The molecule has 0 atom stereocenters. The van der Waals surface area contributed by atoms with Crippen LogP contribution in [0.5, 0.6) is 0 Å². The average Bonchev–Trinajstić information content (AvgIpc) is 2.78. The minimum absolute atomic E-state index is 0.316. The fourth-order valence-electron chi connectivity index (χ4n) is 2.18. The summed E-state index contributed by atoms with van der Waals surface area (Å²) in [6, 6.07) is 12.8. The number of nitrogens with one attached hydrogen (secondary N) is 1. The van der Waals surface area contributed by atoms with E-state index in [0.29, 0.717) is 24.3 Å². The molecule has 0 unspecified atom stereocenters. The predicted molar refractivity (Wildman–Crippen MR) is 72.6 cm³/mol. The highest BCUT2D eigenvalue weighted by molar-refractivity contribution is 6.61. The summed E-state index contributed by atoms with van der Waals surface area (Å²) < 4.78 is 18.9. The van der Waals surface area contributed by atoms with Crippen LogP contribution in [0, 0.1) is 5.82 Å². The Kier molecular flexibility index (Phi) is 3.23. The molecule has 3 nitrogen and oxygen atoms in total. The van der Waals surface area contributed by atoms with Gasteiger partial charge in [-0.15, -0.1) is 0 Å². The quantitative estimate of drug-likeness (QED) is 0.821. The van der Waals surface area contributed by atoms with Crippen LogP contribution in [0.15, 0.2) is 42.5 Å². The van der Waals surface area contributed by atoms with E-state index in [1.54, 1.807) is 6.07 Å². The summed E-state index contributed by atoms with van der Waals surface area (Å²) in [5.41, 5.74) is 2.85. The Morgan fingerprint density at radius 2 is 2.05 bits per heavy atom. The molecule has 2 aromatic rings. The summed E-state index contributed by atoms with van der Waals surface area (Å²) >= 11 is 0. The molecule has 0 spiro atoms. The van der Waals surface area contributed by atoms with Gasteiger partial charge in [0.1, 0.15) is 5.82 Å². The third kappa shape index (κ3) is 2.48. The Morgan fingerprint density at radius 3 is 2.84 bits per heavy atom. The maximum absolute atomic E-state index is 13.9. The topological polar surface area (TPSA) is 41.5 Å². The van der Waals surface area contributed by atoms with Gasteiger partial charge in [-0.05, 0) is 28.7 Å². The summed E-state index contributed by atoms with van der Waals surface area (Å²) in [6.07, 6.45) is 0. The van der Waals surface area contributed by atoms with Gasteiger partial charge in [-0.25, -0.2) is 4.39 Å². The molecule has 5 heteroatoms. The van der Waals surface area contributed by atoms with E-state index in [-0.39, 0.29) is 5.82 Å². The number of hydrogen-bond acceptors (Lipinski definition) is 3. The molecule has 0 aromatic heterocycles. The van der Waals surface area contributed by atoms with Crippen LogP contribution in [0.2, 0.25) is 0 Å². The van der Waals surface area contributed by atoms with Crippen molar-refractivity contribution in [2.24, 2.45) is 0 Å². The van der Waals surface area contributed by atoms with Crippen LogP contribution in [-0.2, 0) is 17.8 Å². The van der Waals surface area contributed by atoms with Gasteiger partial charge in [0.05, 0.1) is 12.3 Å². The predicted octanol–water partition coefficient (Wildman–Crippen LogP) is 1.66. The first-order chi connectivity index (χ1) is 9.24. The number of benzene rings is 2. The molecular formula is C14H13BFNO2. The fourth-order valence-corrected chi connectivity index (χ4v) is 2.18. The molecule has 19 heavy (non-hydrogen) atoms. The van der Waals surface area contributed by atoms with Crippen LogP contribution in [-0.4, -0.2) is 12.1 Å². The van der Waals surface area contributed by atoms with Crippen molar-refractivity contribution in [3.05, 3.63) is 59.4 Å². The fraction of sp³-hybridized carbons (Fsp3) is 0.143. The van der Waals surface area contributed by atoms with Crippen molar-refractivity contribution in [2.45, 2.75) is 13.2 Å². The Bertz CT molecular complexity index is 591. The molecule has 2 N–H and O–H groups in total. The second-order valence-corrected chi connectivity index (χ2v) is 4.53. The van der Waals surface area contributed by atoms with Gasteiger partial charge in [-0.1, -0.05) is 30.3 Å². The Hall–Kier alpha value is -1.85. The van der Waals surface area contributed by atoms with Gasteiger partial charge in [0, 0.05) is 6.54 Å². The van der Waals surface area contributed by atoms with Crippen LogP contribution in [0.25, 0.3) is 0 Å². The lowest BCUT2D eigenvalue weighted by Gasteiger charge is -2.09. The minimum Gasteiger partial charge on any atom is -0.423 e. The summed E-state index contributed by atoms with van der Waals surface area (Å²) in [5.74, 6) is -0.376. The summed E-state index contributed by atoms with van der Waals surface area (Å²) in [6.45, 7) is 0.872. The maximum atomic E-state index is 13.9. The number of hydrogen-bond donors (Lipinski definition) is 2. The van der Waals surface area contributed by atoms with Crippen molar-refractivity contribution in [3.8, 4) is 0 Å². The van der Waals surface area contributed by atoms with Crippen LogP contribution < -0.4 is 10.8 Å². The average molecular weight is 257 g/mol. The first-order valence-electron chi connectivity index (χ1n) is 6.14. The van der Waals surface area contributed by atoms with Gasteiger partial charge in [0.25, 0.3) is 0 Å². The molecular weight excluding hydrogens is 244 g/mol.